The van der Waals surface area contributed by atoms with E-state index in [0.717, 1.165) is 38.8 Å². The van der Waals surface area contributed by atoms with E-state index in [1.165, 1.54) is 0 Å². The lowest BCUT2D eigenvalue weighted by Crippen LogP contribution is -2.13. The van der Waals surface area contributed by atoms with Crippen LogP contribution in [0.4, 0.5) is 5.13 Å². The Balaban J connectivity index is 1.35. The predicted octanol–water partition coefficient (Wildman–Crippen LogP) is 4.92. The SMILES string of the molecule is CCc1nnc(NCc2ccc(-c3ccccc3-c3nnnn3CC(=O)c3ccccc3)cc2)s1. The zero-order valence-corrected chi connectivity index (χ0v) is 19.9. The Morgan fingerprint density at radius 3 is 2.37 bits per heavy atom. The van der Waals surface area contributed by atoms with Crippen LogP contribution in [0.3, 0.4) is 0 Å². The summed E-state index contributed by atoms with van der Waals surface area (Å²) in [6, 6.07) is 25.4. The summed E-state index contributed by atoms with van der Waals surface area (Å²) in [5.41, 5.74) is 4.67. The molecule has 0 aliphatic carbocycles. The molecule has 9 heteroatoms. The van der Waals surface area contributed by atoms with Gasteiger partial charge in [-0.25, -0.2) is 4.68 Å². The van der Waals surface area contributed by atoms with Crippen molar-refractivity contribution < 1.29 is 4.79 Å². The van der Waals surface area contributed by atoms with Gasteiger partial charge in [-0.1, -0.05) is 97.1 Å². The van der Waals surface area contributed by atoms with Gasteiger partial charge in [-0.2, -0.15) is 0 Å². The van der Waals surface area contributed by atoms with E-state index in [2.05, 4.69) is 62.2 Å². The summed E-state index contributed by atoms with van der Waals surface area (Å²) in [7, 11) is 0. The first kappa shape index (κ1) is 22.5. The minimum atomic E-state index is -0.0463. The largest absolute Gasteiger partial charge is 0.356 e. The zero-order valence-electron chi connectivity index (χ0n) is 19.1. The Morgan fingerprint density at radius 1 is 0.886 bits per heavy atom. The second kappa shape index (κ2) is 10.4. The number of nitrogens with zero attached hydrogens (tertiary/aromatic N) is 6. The van der Waals surface area contributed by atoms with Crippen molar-refractivity contribution >= 4 is 22.3 Å². The molecule has 0 unspecified atom stereocenters. The number of rotatable bonds is 9. The monoisotopic (exact) mass is 481 g/mol. The van der Waals surface area contributed by atoms with Crippen molar-refractivity contribution in [2.75, 3.05) is 5.32 Å². The lowest BCUT2D eigenvalue weighted by atomic mass is 9.98. The first-order valence-corrected chi connectivity index (χ1v) is 12.1. The molecule has 0 aliphatic rings. The summed E-state index contributed by atoms with van der Waals surface area (Å²) < 4.78 is 1.55. The molecule has 0 atom stereocenters. The third-order valence-electron chi connectivity index (χ3n) is 5.57. The van der Waals surface area contributed by atoms with Gasteiger partial charge < -0.3 is 5.32 Å². The second-order valence-electron chi connectivity index (χ2n) is 7.90. The Hall–Kier alpha value is -4.24. The quantitative estimate of drug-likeness (QED) is 0.299. The van der Waals surface area contributed by atoms with Crippen LogP contribution in [-0.2, 0) is 19.5 Å². The van der Waals surface area contributed by atoms with Crippen LogP contribution in [0.15, 0.2) is 78.9 Å². The van der Waals surface area contributed by atoms with Gasteiger partial charge in [-0.3, -0.25) is 4.79 Å². The zero-order chi connectivity index (χ0) is 24.0. The summed E-state index contributed by atoms with van der Waals surface area (Å²) in [5.74, 6) is 0.508. The molecule has 0 spiro atoms. The van der Waals surface area contributed by atoms with Crippen molar-refractivity contribution in [2.45, 2.75) is 26.4 Å². The van der Waals surface area contributed by atoms with Gasteiger partial charge in [0.1, 0.15) is 11.6 Å². The summed E-state index contributed by atoms with van der Waals surface area (Å²) in [6.07, 6.45) is 0.886. The molecule has 0 bridgehead atoms. The molecule has 3 aromatic carbocycles. The molecule has 2 aromatic heterocycles. The normalized spacial score (nSPS) is 10.9. The first-order chi connectivity index (χ1) is 17.2. The van der Waals surface area contributed by atoms with Crippen LogP contribution in [0.25, 0.3) is 22.5 Å². The Morgan fingerprint density at radius 2 is 1.63 bits per heavy atom. The number of tetrazole rings is 1. The molecule has 0 saturated carbocycles. The van der Waals surface area contributed by atoms with E-state index in [4.69, 9.17) is 0 Å². The second-order valence-corrected chi connectivity index (χ2v) is 8.96. The van der Waals surface area contributed by atoms with Gasteiger partial charge in [0.15, 0.2) is 11.6 Å². The topological polar surface area (TPSA) is 98.5 Å². The number of benzene rings is 3. The van der Waals surface area contributed by atoms with E-state index in [-0.39, 0.29) is 12.3 Å². The van der Waals surface area contributed by atoms with Crippen molar-refractivity contribution in [3.8, 4) is 22.5 Å². The highest BCUT2D eigenvalue weighted by atomic mass is 32.1. The molecule has 0 saturated heterocycles. The highest BCUT2D eigenvalue weighted by Gasteiger charge is 2.17. The van der Waals surface area contributed by atoms with E-state index in [9.17, 15) is 4.79 Å². The van der Waals surface area contributed by atoms with Crippen molar-refractivity contribution in [3.05, 3.63) is 95.0 Å². The van der Waals surface area contributed by atoms with Crippen molar-refractivity contribution in [3.63, 3.8) is 0 Å². The van der Waals surface area contributed by atoms with Crippen LogP contribution in [-0.4, -0.2) is 36.2 Å². The Kier molecular flexibility index (Phi) is 6.67. The fourth-order valence-electron chi connectivity index (χ4n) is 3.73. The van der Waals surface area contributed by atoms with Gasteiger partial charge in [0, 0.05) is 17.7 Å². The van der Waals surface area contributed by atoms with Gasteiger partial charge in [0.2, 0.25) is 5.13 Å². The summed E-state index contributed by atoms with van der Waals surface area (Å²) in [4.78, 5) is 12.7. The fourth-order valence-corrected chi connectivity index (χ4v) is 4.41. The van der Waals surface area contributed by atoms with Crippen LogP contribution in [0, 0.1) is 0 Å². The van der Waals surface area contributed by atoms with Gasteiger partial charge in [-0.05, 0) is 33.5 Å². The summed E-state index contributed by atoms with van der Waals surface area (Å²) in [6.45, 7) is 2.80. The summed E-state index contributed by atoms with van der Waals surface area (Å²) >= 11 is 1.58. The minimum Gasteiger partial charge on any atom is -0.356 e. The maximum atomic E-state index is 12.7. The molecule has 2 heterocycles. The number of nitrogens with one attached hydrogen (secondary N) is 1. The van der Waals surface area contributed by atoms with Crippen molar-refractivity contribution in [1.82, 2.24) is 30.4 Å². The molecular formula is C26H23N7OS. The molecule has 5 rings (SSSR count). The highest BCUT2D eigenvalue weighted by Crippen LogP contribution is 2.31. The molecule has 0 radical (unpaired) electrons. The minimum absolute atomic E-state index is 0.0463. The number of aromatic nitrogens is 6. The van der Waals surface area contributed by atoms with Crippen molar-refractivity contribution in [2.24, 2.45) is 0 Å². The first-order valence-electron chi connectivity index (χ1n) is 11.3. The van der Waals surface area contributed by atoms with E-state index >= 15 is 0 Å². The average molecular weight is 482 g/mol. The number of carbonyl (C=O) groups excluding carboxylic acids is 1. The molecule has 1 N–H and O–H groups in total. The lowest BCUT2D eigenvalue weighted by Gasteiger charge is -2.11. The number of aryl methyl sites for hydroxylation is 1. The molecule has 8 nitrogen and oxygen atoms in total. The maximum Gasteiger partial charge on any atom is 0.205 e. The highest BCUT2D eigenvalue weighted by molar-refractivity contribution is 7.15. The van der Waals surface area contributed by atoms with Crippen LogP contribution in [0.2, 0.25) is 0 Å². The van der Waals surface area contributed by atoms with Gasteiger partial charge in [0.25, 0.3) is 0 Å². The number of hydrogen-bond acceptors (Lipinski definition) is 8. The van der Waals surface area contributed by atoms with Crippen molar-refractivity contribution in [1.29, 1.82) is 0 Å². The van der Waals surface area contributed by atoms with E-state index < -0.39 is 0 Å². The maximum absolute atomic E-state index is 12.7. The van der Waals surface area contributed by atoms with E-state index in [1.807, 2.05) is 42.5 Å². The molecule has 5 aromatic rings. The van der Waals surface area contributed by atoms with E-state index in [1.54, 1.807) is 28.2 Å². The van der Waals surface area contributed by atoms with Crippen LogP contribution < -0.4 is 5.32 Å². The molecule has 35 heavy (non-hydrogen) atoms. The van der Waals surface area contributed by atoms with E-state index in [0.29, 0.717) is 17.9 Å². The number of Topliss-reactive ketones (excluding diaryl/α,β-unsaturated/α-hetero) is 1. The fraction of sp³-hybridized carbons (Fsp3) is 0.154. The van der Waals surface area contributed by atoms with Crippen LogP contribution in [0.5, 0.6) is 0 Å². The molecule has 0 amide bonds. The number of hydrogen-bond donors (Lipinski definition) is 1. The van der Waals surface area contributed by atoms with Gasteiger partial charge in [0.05, 0.1) is 0 Å². The number of carbonyl (C=O) groups is 1. The molecular weight excluding hydrogens is 458 g/mol. The average Bonchev–Trinajstić information content (AvgIpc) is 3.58. The Bertz CT molecular complexity index is 1430. The smallest absolute Gasteiger partial charge is 0.205 e. The van der Waals surface area contributed by atoms with Crippen LogP contribution >= 0.6 is 11.3 Å². The third-order valence-corrected chi connectivity index (χ3v) is 6.59. The Labute approximate surface area is 206 Å². The van der Waals surface area contributed by atoms with Crippen LogP contribution in [0.1, 0.15) is 27.9 Å². The molecule has 174 valence electrons. The molecule has 0 fully saturated rings. The van der Waals surface area contributed by atoms with Gasteiger partial charge in [-0.15, -0.1) is 15.3 Å². The standard InChI is InChI=1S/C26H23N7OS/c1-2-24-28-30-26(35-24)27-16-18-12-14-19(15-13-18)21-10-6-7-11-22(21)25-29-31-32-33(25)17-23(34)20-8-4-3-5-9-20/h3-15H,2,16-17H2,1H3,(H,27,30). The lowest BCUT2D eigenvalue weighted by molar-refractivity contribution is 0.0967. The molecule has 0 aliphatic heterocycles. The summed E-state index contributed by atoms with van der Waals surface area (Å²) in [5, 5.41) is 25.7. The third kappa shape index (κ3) is 5.15. The number of ketones is 1. The van der Waals surface area contributed by atoms with Gasteiger partial charge >= 0.3 is 0 Å². The predicted molar refractivity (Wildman–Crippen MR) is 136 cm³/mol. The number of anilines is 1.